The average Bonchev–Trinajstić information content (AvgIpc) is 2.62. The molecule has 0 fully saturated rings. The summed E-state index contributed by atoms with van der Waals surface area (Å²) in [5.74, 6) is -0.219. The number of nitrogens with zero attached hydrogens (tertiary/aromatic N) is 2. The highest BCUT2D eigenvalue weighted by Crippen LogP contribution is 2.20. The van der Waals surface area contributed by atoms with Gasteiger partial charge in [-0.3, -0.25) is 4.68 Å². The van der Waals surface area contributed by atoms with Crippen LogP contribution in [0.4, 0.5) is 0 Å². The lowest BCUT2D eigenvalue weighted by Gasteiger charge is -1.93. The van der Waals surface area contributed by atoms with E-state index in [1.165, 1.54) is 23.9 Å². The van der Waals surface area contributed by atoms with Crippen LogP contribution in [0.15, 0.2) is 0 Å². The molecule has 0 saturated heterocycles. The number of aromatic carboxylic acids is 1. The van der Waals surface area contributed by atoms with Crippen LogP contribution in [-0.4, -0.2) is 26.7 Å². The van der Waals surface area contributed by atoms with Gasteiger partial charge in [0, 0.05) is 12.9 Å². The number of hydrogen-bond acceptors (Lipinski definition) is 2. The van der Waals surface area contributed by atoms with E-state index in [-0.39, 0.29) is 10.7 Å². The van der Waals surface area contributed by atoms with Crippen molar-refractivity contribution in [1.29, 1.82) is 0 Å². The van der Waals surface area contributed by atoms with Crippen molar-refractivity contribution >= 4 is 29.2 Å². The summed E-state index contributed by atoms with van der Waals surface area (Å²) in [5, 5.41) is 12.9. The third-order valence-corrected chi connectivity index (χ3v) is 2.99. The summed E-state index contributed by atoms with van der Waals surface area (Å²) < 4.78 is 1.28. The van der Waals surface area contributed by atoms with Crippen LogP contribution in [0.3, 0.4) is 0 Å². The number of aromatic nitrogens is 2. The number of alkyl halides is 1. The van der Waals surface area contributed by atoms with Crippen LogP contribution in [0.5, 0.6) is 0 Å². The van der Waals surface area contributed by atoms with E-state index in [9.17, 15) is 4.79 Å². The molecule has 1 heterocycles. The van der Waals surface area contributed by atoms with E-state index < -0.39 is 5.97 Å². The monoisotopic (exact) mass is 294 g/mol. The molecular formula is C12H20Cl2N2O2. The third kappa shape index (κ3) is 5.27. The van der Waals surface area contributed by atoms with E-state index in [1.54, 1.807) is 7.05 Å². The van der Waals surface area contributed by atoms with Gasteiger partial charge in [0.2, 0.25) is 0 Å². The molecule has 1 aromatic rings. The van der Waals surface area contributed by atoms with E-state index in [0.717, 1.165) is 5.88 Å². The molecule has 6 heteroatoms. The highest BCUT2D eigenvalue weighted by Gasteiger charge is 2.18. The Hall–Kier alpha value is -0.740. The highest BCUT2D eigenvalue weighted by atomic mass is 35.5. The molecular weight excluding hydrogens is 275 g/mol. The summed E-state index contributed by atoms with van der Waals surface area (Å²) >= 11 is 11.1. The van der Waals surface area contributed by atoms with Gasteiger partial charge >= 0.3 is 5.97 Å². The Morgan fingerprint density at radius 3 is 2.22 bits per heavy atom. The first-order chi connectivity index (χ1) is 8.49. The molecule has 0 spiro atoms. The Labute approximate surface area is 118 Å². The quantitative estimate of drug-likeness (QED) is 0.665. The topological polar surface area (TPSA) is 55.1 Å². The van der Waals surface area contributed by atoms with Gasteiger partial charge in [0.05, 0.1) is 10.7 Å². The van der Waals surface area contributed by atoms with E-state index in [1.807, 2.05) is 6.92 Å². The van der Waals surface area contributed by atoms with Gasteiger partial charge in [-0.05, 0) is 12.8 Å². The summed E-state index contributed by atoms with van der Waals surface area (Å²) in [7, 11) is 1.56. The van der Waals surface area contributed by atoms with Crippen molar-refractivity contribution in [3.05, 3.63) is 16.4 Å². The molecule has 0 amide bonds. The molecule has 18 heavy (non-hydrogen) atoms. The second-order valence-electron chi connectivity index (χ2n) is 3.79. The van der Waals surface area contributed by atoms with Crippen molar-refractivity contribution in [1.82, 2.24) is 9.78 Å². The molecule has 1 aromatic heterocycles. The Kier molecular flexibility index (Phi) is 8.85. The van der Waals surface area contributed by atoms with Crippen LogP contribution >= 0.6 is 23.2 Å². The third-order valence-electron chi connectivity index (χ3n) is 2.33. The minimum Gasteiger partial charge on any atom is -0.476 e. The van der Waals surface area contributed by atoms with Gasteiger partial charge < -0.3 is 5.11 Å². The van der Waals surface area contributed by atoms with E-state index in [4.69, 9.17) is 28.3 Å². The zero-order chi connectivity index (χ0) is 14.1. The van der Waals surface area contributed by atoms with Gasteiger partial charge in [-0.25, -0.2) is 4.79 Å². The molecule has 0 aliphatic rings. The van der Waals surface area contributed by atoms with E-state index in [2.05, 4.69) is 12.0 Å². The number of unbranched alkanes of at least 4 members (excludes halogenated alkanes) is 2. The maximum atomic E-state index is 10.6. The van der Waals surface area contributed by atoms with Gasteiger partial charge in [0.1, 0.15) is 0 Å². The van der Waals surface area contributed by atoms with Crippen molar-refractivity contribution in [2.75, 3.05) is 5.88 Å². The second-order valence-corrected chi connectivity index (χ2v) is 4.54. The normalized spacial score (nSPS) is 9.83. The molecule has 0 radical (unpaired) electrons. The number of carbonyl (C=O) groups is 1. The average molecular weight is 295 g/mol. The van der Waals surface area contributed by atoms with Gasteiger partial charge in [0.15, 0.2) is 5.69 Å². The molecule has 0 bridgehead atoms. The Balaban J connectivity index is 0.000000411. The number of halogens is 2. The summed E-state index contributed by atoms with van der Waals surface area (Å²) in [5.41, 5.74) is 0.671. The first kappa shape index (κ1) is 17.3. The maximum Gasteiger partial charge on any atom is 0.355 e. The lowest BCUT2D eigenvalue weighted by molar-refractivity contribution is 0.0685. The van der Waals surface area contributed by atoms with Crippen molar-refractivity contribution < 1.29 is 9.90 Å². The molecule has 0 unspecified atom stereocenters. The Morgan fingerprint density at radius 1 is 1.39 bits per heavy atom. The minimum atomic E-state index is -1.05. The van der Waals surface area contributed by atoms with Crippen molar-refractivity contribution in [2.45, 2.75) is 39.5 Å². The lowest BCUT2D eigenvalue weighted by Crippen LogP contribution is -2.05. The smallest absolute Gasteiger partial charge is 0.355 e. The van der Waals surface area contributed by atoms with Crippen LogP contribution in [-0.2, 0) is 13.5 Å². The van der Waals surface area contributed by atoms with Crippen LogP contribution in [0.1, 0.15) is 49.3 Å². The number of aryl methyl sites for hydroxylation is 2. The van der Waals surface area contributed by atoms with Gasteiger partial charge in [-0.1, -0.05) is 38.3 Å². The lowest BCUT2D eigenvalue weighted by atomic mass is 10.3. The zero-order valence-corrected chi connectivity index (χ0v) is 12.6. The molecule has 0 aliphatic heterocycles. The van der Waals surface area contributed by atoms with E-state index in [0.29, 0.717) is 12.1 Å². The molecule has 1 N–H and O–H groups in total. The fourth-order valence-corrected chi connectivity index (χ4v) is 1.92. The second kappa shape index (κ2) is 9.22. The standard InChI is InChI=1S/C7H9ClN2O2.C5H11Cl/c1-3-4-5(8)6(7(11)12)10(2)9-4;1-2-3-4-5-6/h3H2,1-2H3,(H,11,12);2-5H2,1H3. The fraction of sp³-hybridized carbons (Fsp3) is 0.667. The van der Waals surface area contributed by atoms with Crippen LogP contribution in [0, 0.1) is 0 Å². The molecule has 0 aliphatic carbocycles. The van der Waals surface area contributed by atoms with Crippen molar-refractivity contribution in [3.63, 3.8) is 0 Å². The predicted octanol–water partition coefficient (Wildman–Crippen LogP) is 3.75. The SMILES string of the molecule is CCCCCCl.CCc1nn(C)c(C(=O)O)c1Cl. The molecule has 0 atom stereocenters. The number of rotatable bonds is 5. The number of hydrogen-bond donors (Lipinski definition) is 1. The molecule has 104 valence electrons. The maximum absolute atomic E-state index is 10.6. The number of carboxylic acid groups (broad SMARTS) is 1. The Bertz CT molecular complexity index is 374. The van der Waals surface area contributed by atoms with Crippen molar-refractivity contribution in [3.8, 4) is 0 Å². The summed E-state index contributed by atoms with van der Waals surface area (Å²) in [4.78, 5) is 10.6. The molecule has 1 rings (SSSR count). The zero-order valence-electron chi connectivity index (χ0n) is 11.0. The first-order valence-electron chi connectivity index (χ1n) is 6.00. The Morgan fingerprint density at radius 2 is 2.00 bits per heavy atom. The first-order valence-corrected chi connectivity index (χ1v) is 6.91. The minimum absolute atomic E-state index is 0.0496. The van der Waals surface area contributed by atoms with Gasteiger partial charge in [-0.15, -0.1) is 11.6 Å². The summed E-state index contributed by atoms with van der Waals surface area (Å²) in [6, 6.07) is 0. The number of carboxylic acids is 1. The summed E-state index contributed by atoms with van der Waals surface area (Å²) in [6.45, 7) is 4.05. The fourth-order valence-electron chi connectivity index (χ4n) is 1.36. The predicted molar refractivity (Wildman–Crippen MR) is 74.8 cm³/mol. The largest absolute Gasteiger partial charge is 0.476 e. The van der Waals surface area contributed by atoms with Crippen LogP contribution in [0.25, 0.3) is 0 Å². The molecule has 0 saturated carbocycles. The van der Waals surface area contributed by atoms with Crippen LogP contribution in [0.2, 0.25) is 5.02 Å². The molecule has 0 aromatic carbocycles. The van der Waals surface area contributed by atoms with Gasteiger partial charge in [0.25, 0.3) is 0 Å². The highest BCUT2D eigenvalue weighted by molar-refractivity contribution is 6.33. The van der Waals surface area contributed by atoms with Gasteiger partial charge in [-0.2, -0.15) is 5.10 Å². The summed E-state index contributed by atoms with van der Waals surface area (Å²) in [6.07, 6.45) is 4.37. The van der Waals surface area contributed by atoms with E-state index >= 15 is 0 Å². The van der Waals surface area contributed by atoms with Crippen LogP contribution < -0.4 is 0 Å². The molecule has 4 nitrogen and oxygen atoms in total. The van der Waals surface area contributed by atoms with Crippen molar-refractivity contribution in [2.24, 2.45) is 7.05 Å².